The minimum absolute atomic E-state index is 0.350. The smallest absolute Gasteiger partial charge is 0.253 e. The van der Waals surface area contributed by atoms with Crippen LogP contribution in [-0.2, 0) is 18.9 Å². The van der Waals surface area contributed by atoms with Crippen LogP contribution in [0.15, 0.2) is 0 Å². The molecule has 3 N–H and O–H groups in total. The summed E-state index contributed by atoms with van der Waals surface area (Å²) in [6, 6.07) is 0. The number of nitrogens with zero attached hydrogens (tertiary/aromatic N) is 1. The van der Waals surface area contributed by atoms with E-state index in [1.807, 2.05) is 19.0 Å². The molecule has 0 saturated carbocycles. The van der Waals surface area contributed by atoms with Gasteiger partial charge in [-0.15, -0.1) is 0 Å². The van der Waals surface area contributed by atoms with Crippen molar-refractivity contribution in [2.45, 2.75) is 62.9 Å². The molecule has 23 heavy (non-hydrogen) atoms. The molecule has 0 aromatic carbocycles. The van der Waals surface area contributed by atoms with Crippen molar-refractivity contribution in [1.29, 1.82) is 0 Å². The first-order valence-electron chi connectivity index (χ1n) is 7.90. The van der Waals surface area contributed by atoms with Crippen LogP contribution in [0.25, 0.3) is 0 Å². The van der Waals surface area contributed by atoms with Crippen molar-refractivity contribution < 1.29 is 34.3 Å². The van der Waals surface area contributed by atoms with Crippen molar-refractivity contribution in [2.75, 3.05) is 33.9 Å². The molecule has 2 saturated heterocycles. The number of rotatable bonds is 7. The van der Waals surface area contributed by atoms with Crippen molar-refractivity contribution in [1.82, 2.24) is 4.90 Å². The summed E-state index contributed by atoms with van der Waals surface area (Å²) >= 11 is 0. The van der Waals surface area contributed by atoms with Gasteiger partial charge in [0.1, 0.15) is 18.3 Å². The van der Waals surface area contributed by atoms with Gasteiger partial charge in [-0.3, -0.25) is 0 Å². The third-order valence-electron chi connectivity index (χ3n) is 4.15. The highest BCUT2D eigenvalue weighted by molar-refractivity contribution is 5.08. The third kappa shape index (κ3) is 3.54. The number of hydrogen-bond acceptors (Lipinski definition) is 8. The lowest BCUT2D eigenvalue weighted by Crippen LogP contribution is -2.55. The lowest BCUT2D eigenvalue weighted by molar-refractivity contribution is -0.281. The fraction of sp³-hybridized carbons (Fsp3) is 1.00. The molecule has 0 aromatic heterocycles. The van der Waals surface area contributed by atoms with Crippen LogP contribution in [0, 0.1) is 0 Å². The average molecular weight is 335 g/mol. The molecule has 136 valence electrons. The van der Waals surface area contributed by atoms with Crippen LogP contribution in [0.2, 0.25) is 0 Å². The monoisotopic (exact) mass is 335 g/mol. The van der Waals surface area contributed by atoms with E-state index in [1.165, 1.54) is 0 Å². The van der Waals surface area contributed by atoms with Crippen LogP contribution in [0.4, 0.5) is 0 Å². The zero-order chi connectivity index (χ0) is 17.5. The Morgan fingerprint density at radius 2 is 1.87 bits per heavy atom. The van der Waals surface area contributed by atoms with Gasteiger partial charge < -0.3 is 39.2 Å². The molecule has 8 heteroatoms. The zero-order valence-electron chi connectivity index (χ0n) is 14.5. The van der Waals surface area contributed by atoms with Crippen LogP contribution in [-0.4, -0.2) is 89.7 Å². The molecule has 0 aliphatic carbocycles. The molecule has 0 bridgehead atoms. The van der Waals surface area contributed by atoms with Crippen molar-refractivity contribution in [3.05, 3.63) is 0 Å². The number of aliphatic hydroxyl groups is 3. The first-order valence-corrected chi connectivity index (χ1v) is 7.90. The molecule has 2 aliphatic rings. The molecule has 2 heterocycles. The number of fused-ring (bicyclic) bond motifs is 1. The summed E-state index contributed by atoms with van der Waals surface area (Å²) in [6.07, 6.45) is -2.40. The first-order chi connectivity index (χ1) is 10.5. The molecule has 8 nitrogen and oxygen atoms in total. The maximum absolute atomic E-state index is 11.0. The lowest BCUT2D eigenvalue weighted by atomic mass is 9.99. The highest BCUT2D eigenvalue weighted by Crippen LogP contribution is 2.52. The number of aliphatic hydroxyl groups excluding tert-OH is 2. The maximum atomic E-state index is 11.0. The van der Waals surface area contributed by atoms with E-state index in [1.54, 1.807) is 20.8 Å². The van der Waals surface area contributed by atoms with Crippen molar-refractivity contribution in [3.8, 4) is 0 Å². The van der Waals surface area contributed by atoms with Gasteiger partial charge >= 0.3 is 0 Å². The quantitative estimate of drug-likeness (QED) is 0.523. The molecule has 2 aliphatic heterocycles. The number of hydrogen-bond donors (Lipinski definition) is 3. The average Bonchev–Trinajstić information content (AvgIpc) is 2.72. The van der Waals surface area contributed by atoms with Gasteiger partial charge in [0.15, 0.2) is 5.79 Å². The molecule has 0 spiro atoms. The second-order valence-electron chi connectivity index (χ2n) is 7.03. The maximum Gasteiger partial charge on any atom is 0.253 e. The predicted octanol–water partition coefficient (Wildman–Crippen LogP) is -0.737. The van der Waals surface area contributed by atoms with Gasteiger partial charge in [-0.25, -0.2) is 0 Å². The topological polar surface area (TPSA) is 101 Å². The molecule has 0 aromatic rings. The second-order valence-corrected chi connectivity index (χ2v) is 7.03. The van der Waals surface area contributed by atoms with Crippen LogP contribution in [0.3, 0.4) is 0 Å². The lowest BCUT2D eigenvalue weighted by Gasteiger charge is -2.32. The fourth-order valence-electron chi connectivity index (χ4n) is 3.18. The van der Waals surface area contributed by atoms with Crippen molar-refractivity contribution in [2.24, 2.45) is 0 Å². The summed E-state index contributed by atoms with van der Waals surface area (Å²) in [5.41, 5.74) is 0. The first kappa shape index (κ1) is 19.0. The summed E-state index contributed by atoms with van der Waals surface area (Å²) in [4.78, 5) is 2.02. The largest absolute Gasteiger partial charge is 0.394 e. The predicted molar refractivity (Wildman–Crippen MR) is 80.5 cm³/mol. The van der Waals surface area contributed by atoms with Crippen LogP contribution < -0.4 is 0 Å². The Balaban J connectivity index is 2.15. The van der Waals surface area contributed by atoms with E-state index >= 15 is 0 Å². The summed E-state index contributed by atoms with van der Waals surface area (Å²) in [5.74, 6) is -4.40. The second kappa shape index (κ2) is 6.53. The molecular formula is C15H29NO7. The Morgan fingerprint density at radius 3 is 2.43 bits per heavy atom. The van der Waals surface area contributed by atoms with Gasteiger partial charge in [0.2, 0.25) is 5.79 Å². The van der Waals surface area contributed by atoms with E-state index in [4.69, 9.17) is 18.9 Å². The van der Waals surface area contributed by atoms with E-state index in [9.17, 15) is 15.3 Å². The Hall–Kier alpha value is -0.320. The molecule has 0 amide bonds. The van der Waals surface area contributed by atoms with Gasteiger partial charge in [0.05, 0.1) is 6.61 Å². The van der Waals surface area contributed by atoms with E-state index in [-0.39, 0.29) is 0 Å². The normalized spacial score (nSPS) is 40.6. The highest BCUT2D eigenvalue weighted by atomic mass is 16.9. The standard InChI is InChI=1S/C15H29NO7/c1-13(2)22-14(3)15(19,23-13)12(11(21-14)10(18)9-17)20-8-6-7-16(4)5/h10-12,17-19H,6-9H2,1-5H3. The minimum atomic E-state index is -1.87. The molecular weight excluding hydrogens is 306 g/mol. The van der Waals surface area contributed by atoms with E-state index < -0.39 is 42.3 Å². The SMILES string of the molecule is CN(C)CCCOC1C(C(O)CO)OC2(C)OC(C)(C)OC12O. The fourth-order valence-corrected chi connectivity index (χ4v) is 3.18. The van der Waals surface area contributed by atoms with Gasteiger partial charge in [-0.05, 0) is 47.8 Å². The minimum Gasteiger partial charge on any atom is -0.394 e. The molecule has 0 radical (unpaired) electrons. The molecule has 2 rings (SSSR count). The molecule has 5 atom stereocenters. The Labute approximate surface area is 136 Å². The Kier molecular flexibility index (Phi) is 5.40. The summed E-state index contributed by atoms with van der Waals surface area (Å²) in [6.45, 7) is 5.53. The molecule has 5 unspecified atom stereocenters. The number of ether oxygens (including phenoxy) is 4. The van der Waals surface area contributed by atoms with Crippen LogP contribution in [0.5, 0.6) is 0 Å². The van der Waals surface area contributed by atoms with Crippen LogP contribution in [0.1, 0.15) is 27.2 Å². The van der Waals surface area contributed by atoms with Crippen LogP contribution >= 0.6 is 0 Å². The summed E-state index contributed by atoms with van der Waals surface area (Å²) in [5, 5.41) is 30.2. The van der Waals surface area contributed by atoms with Crippen molar-refractivity contribution in [3.63, 3.8) is 0 Å². The van der Waals surface area contributed by atoms with Gasteiger partial charge in [-0.1, -0.05) is 0 Å². The van der Waals surface area contributed by atoms with Gasteiger partial charge in [-0.2, -0.15) is 0 Å². The third-order valence-corrected chi connectivity index (χ3v) is 4.15. The van der Waals surface area contributed by atoms with Gasteiger partial charge in [0, 0.05) is 6.61 Å². The van der Waals surface area contributed by atoms with E-state index in [2.05, 4.69) is 0 Å². The van der Waals surface area contributed by atoms with E-state index in [0.29, 0.717) is 6.61 Å². The zero-order valence-corrected chi connectivity index (χ0v) is 14.5. The summed E-state index contributed by atoms with van der Waals surface area (Å²) < 4.78 is 22.8. The van der Waals surface area contributed by atoms with Crippen molar-refractivity contribution >= 4 is 0 Å². The van der Waals surface area contributed by atoms with E-state index in [0.717, 1.165) is 13.0 Å². The van der Waals surface area contributed by atoms with Gasteiger partial charge in [0.25, 0.3) is 5.79 Å². The molecule has 2 fully saturated rings. The summed E-state index contributed by atoms with van der Waals surface area (Å²) in [7, 11) is 3.91. The Bertz CT molecular complexity index is 419. The Morgan fingerprint density at radius 1 is 1.22 bits per heavy atom. The highest BCUT2D eigenvalue weighted by Gasteiger charge is 2.74.